The van der Waals surface area contributed by atoms with Crippen LogP contribution in [0.4, 0.5) is 0 Å². The molecular formula is C22H23N3OS. The number of fused-ring (bicyclic) bond motifs is 1. The van der Waals surface area contributed by atoms with Crippen LogP contribution in [0.2, 0.25) is 0 Å². The number of carbonyl (C=O) groups excluding carboxylic acids is 1. The second-order valence-electron chi connectivity index (χ2n) is 6.76. The lowest BCUT2D eigenvalue weighted by molar-refractivity contribution is -0.127. The minimum atomic E-state index is 0.0805. The molecule has 1 aliphatic heterocycles. The van der Waals surface area contributed by atoms with Gasteiger partial charge in [-0.15, -0.1) is 11.3 Å². The molecule has 5 heteroatoms. The van der Waals surface area contributed by atoms with E-state index in [-0.39, 0.29) is 5.91 Å². The predicted octanol–water partition coefficient (Wildman–Crippen LogP) is 3.70. The van der Waals surface area contributed by atoms with Crippen molar-refractivity contribution in [3.63, 3.8) is 0 Å². The predicted molar refractivity (Wildman–Crippen MR) is 112 cm³/mol. The minimum Gasteiger partial charge on any atom is -0.337 e. The number of hydrogen-bond donors (Lipinski definition) is 0. The molecule has 1 aliphatic rings. The van der Waals surface area contributed by atoms with Gasteiger partial charge in [-0.3, -0.25) is 9.69 Å². The van der Waals surface area contributed by atoms with Crippen LogP contribution in [0, 0.1) is 0 Å². The first kappa shape index (κ1) is 17.9. The van der Waals surface area contributed by atoms with Crippen LogP contribution in [-0.4, -0.2) is 53.4 Å². The van der Waals surface area contributed by atoms with Gasteiger partial charge in [-0.2, -0.15) is 0 Å². The van der Waals surface area contributed by atoms with Gasteiger partial charge in [0.15, 0.2) is 0 Å². The van der Waals surface area contributed by atoms with Crippen LogP contribution < -0.4 is 0 Å². The van der Waals surface area contributed by atoms with E-state index in [1.165, 1.54) is 5.56 Å². The Morgan fingerprint density at radius 1 is 1.00 bits per heavy atom. The molecule has 0 unspecified atom stereocenters. The van der Waals surface area contributed by atoms with Crippen molar-refractivity contribution in [2.24, 2.45) is 0 Å². The van der Waals surface area contributed by atoms with E-state index in [0.717, 1.165) is 54.4 Å². The second-order valence-corrected chi connectivity index (χ2v) is 7.82. The summed E-state index contributed by atoms with van der Waals surface area (Å²) in [5.41, 5.74) is 2.36. The maximum atomic E-state index is 12.5. The van der Waals surface area contributed by atoms with Gasteiger partial charge in [0.05, 0.1) is 10.2 Å². The van der Waals surface area contributed by atoms with Crippen molar-refractivity contribution in [1.82, 2.24) is 14.8 Å². The van der Waals surface area contributed by atoms with Crippen LogP contribution in [0.25, 0.3) is 16.3 Å². The van der Waals surface area contributed by atoms with E-state index < -0.39 is 0 Å². The van der Waals surface area contributed by atoms with Crippen molar-refractivity contribution in [3.8, 4) is 0 Å². The maximum absolute atomic E-state index is 12.5. The number of aromatic nitrogens is 1. The molecule has 0 N–H and O–H groups in total. The number of rotatable bonds is 5. The molecule has 1 saturated heterocycles. The number of nitrogens with zero attached hydrogens (tertiary/aromatic N) is 3. The zero-order chi connectivity index (χ0) is 18.5. The summed E-state index contributed by atoms with van der Waals surface area (Å²) in [6, 6.07) is 18.6. The van der Waals surface area contributed by atoms with Gasteiger partial charge in [0.2, 0.25) is 5.91 Å². The summed E-state index contributed by atoms with van der Waals surface area (Å²) in [6.45, 7) is 4.50. The van der Waals surface area contributed by atoms with Crippen molar-refractivity contribution in [3.05, 3.63) is 71.2 Å². The molecule has 1 amide bonds. The smallest absolute Gasteiger partial charge is 0.246 e. The number of amides is 1. The molecule has 0 spiro atoms. The number of para-hydroxylation sites is 1. The van der Waals surface area contributed by atoms with Gasteiger partial charge >= 0.3 is 0 Å². The Hall–Kier alpha value is -2.50. The van der Waals surface area contributed by atoms with E-state index in [4.69, 9.17) is 0 Å². The zero-order valence-electron chi connectivity index (χ0n) is 15.3. The summed E-state index contributed by atoms with van der Waals surface area (Å²) in [4.78, 5) is 21.4. The largest absolute Gasteiger partial charge is 0.337 e. The topological polar surface area (TPSA) is 36.4 Å². The average molecular weight is 378 g/mol. The van der Waals surface area contributed by atoms with E-state index in [1.807, 2.05) is 29.2 Å². The van der Waals surface area contributed by atoms with Gasteiger partial charge in [0.25, 0.3) is 0 Å². The molecular weight excluding hydrogens is 354 g/mol. The Labute approximate surface area is 163 Å². The van der Waals surface area contributed by atoms with Crippen molar-refractivity contribution in [2.45, 2.75) is 6.42 Å². The molecule has 4 rings (SSSR count). The number of piperazine rings is 1. The molecule has 4 nitrogen and oxygen atoms in total. The molecule has 3 aromatic rings. The lowest BCUT2D eigenvalue weighted by Crippen LogP contribution is -2.48. The third-order valence-electron chi connectivity index (χ3n) is 4.92. The summed E-state index contributed by atoms with van der Waals surface area (Å²) in [5, 5.41) is 0.881. The van der Waals surface area contributed by atoms with E-state index in [2.05, 4.69) is 46.3 Å². The first-order valence-corrected chi connectivity index (χ1v) is 10.2. The van der Waals surface area contributed by atoms with Crippen molar-refractivity contribution in [1.29, 1.82) is 0 Å². The average Bonchev–Trinajstić information content (AvgIpc) is 3.15. The van der Waals surface area contributed by atoms with Crippen LogP contribution in [0.15, 0.2) is 60.7 Å². The lowest BCUT2D eigenvalue weighted by atomic mass is 10.1. The van der Waals surface area contributed by atoms with E-state index in [0.29, 0.717) is 0 Å². The molecule has 0 radical (unpaired) electrons. The van der Waals surface area contributed by atoms with E-state index in [9.17, 15) is 4.79 Å². The van der Waals surface area contributed by atoms with Crippen LogP contribution in [0.3, 0.4) is 0 Å². The fraction of sp³-hybridized carbons (Fsp3) is 0.273. The summed E-state index contributed by atoms with van der Waals surface area (Å²) in [7, 11) is 0. The molecule has 1 aromatic heterocycles. The molecule has 1 fully saturated rings. The number of hydrogen-bond acceptors (Lipinski definition) is 4. The highest BCUT2D eigenvalue weighted by molar-refractivity contribution is 7.19. The minimum absolute atomic E-state index is 0.0805. The first-order chi connectivity index (χ1) is 13.3. The third-order valence-corrected chi connectivity index (χ3v) is 5.92. The highest BCUT2D eigenvalue weighted by Gasteiger charge is 2.19. The standard InChI is InChI=1S/C22H23N3OS/c26-22(11-10-21-23-19-8-4-5-9-20(19)27-21)25-16-14-24(15-17-25)13-12-18-6-2-1-3-7-18/h1-11H,12-17H2/b11-10+. The molecule has 0 bridgehead atoms. The first-order valence-electron chi connectivity index (χ1n) is 9.37. The van der Waals surface area contributed by atoms with Gasteiger partial charge < -0.3 is 4.90 Å². The molecule has 138 valence electrons. The Kier molecular flexibility index (Phi) is 5.61. The summed E-state index contributed by atoms with van der Waals surface area (Å²) < 4.78 is 1.15. The van der Waals surface area contributed by atoms with Crippen LogP contribution >= 0.6 is 11.3 Å². The van der Waals surface area contributed by atoms with Gasteiger partial charge in [0.1, 0.15) is 5.01 Å². The second kappa shape index (κ2) is 8.46. The quantitative estimate of drug-likeness (QED) is 0.636. The fourth-order valence-electron chi connectivity index (χ4n) is 3.33. The third kappa shape index (κ3) is 4.62. The number of thiazole rings is 1. The van der Waals surface area contributed by atoms with Gasteiger partial charge in [-0.25, -0.2) is 4.98 Å². The highest BCUT2D eigenvalue weighted by atomic mass is 32.1. The van der Waals surface area contributed by atoms with Crippen molar-refractivity contribution < 1.29 is 4.79 Å². The van der Waals surface area contributed by atoms with E-state index >= 15 is 0 Å². The zero-order valence-corrected chi connectivity index (χ0v) is 16.1. The van der Waals surface area contributed by atoms with Gasteiger partial charge in [0, 0.05) is 38.8 Å². The maximum Gasteiger partial charge on any atom is 0.246 e. The normalized spacial score (nSPS) is 15.6. The molecule has 2 aromatic carbocycles. The lowest BCUT2D eigenvalue weighted by Gasteiger charge is -2.34. The Morgan fingerprint density at radius 3 is 2.52 bits per heavy atom. The number of carbonyl (C=O) groups is 1. The van der Waals surface area contributed by atoms with Gasteiger partial charge in [-0.1, -0.05) is 42.5 Å². The Balaban J connectivity index is 1.27. The van der Waals surface area contributed by atoms with Crippen molar-refractivity contribution in [2.75, 3.05) is 32.7 Å². The monoisotopic (exact) mass is 377 g/mol. The fourth-order valence-corrected chi connectivity index (χ4v) is 4.20. The Bertz CT molecular complexity index is 894. The SMILES string of the molecule is O=C(/C=C/c1nc2ccccc2s1)N1CCN(CCc2ccccc2)CC1. The summed E-state index contributed by atoms with van der Waals surface area (Å²) >= 11 is 1.61. The molecule has 2 heterocycles. The molecule has 27 heavy (non-hydrogen) atoms. The van der Waals surface area contributed by atoms with Crippen molar-refractivity contribution >= 4 is 33.5 Å². The Morgan fingerprint density at radius 2 is 1.74 bits per heavy atom. The van der Waals surface area contributed by atoms with Crippen LogP contribution in [0.5, 0.6) is 0 Å². The number of benzene rings is 2. The van der Waals surface area contributed by atoms with Crippen LogP contribution in [-0.2, 0) is 11.2 Å². The summed E-state index contributed by atoms with van der Waals surface area (Å²) in [5.74, 6) is 0.0805. The van der Waals surface area contributed by atoms with Crippen LogP contribution in [0.1, 0.15) is 10.6 Å². The molecule has 0 atom stereocenters. The summed E-state index contributed by atoms with van der Waals surface area (Å²) in [6.07, 6.45) is 4.57. The molecule has 0 aliphatic carbocycles. The van der Waals surface area contributed by atoms with E-state index in [1.54, 1.807) is 17.4 Å². The molecule has 0 saturated carbocycles. The van der Waals surface area contributed by atoms with Gasteiger partial charge in [-0.05, 0) is 30.2 Å². The highest BCUT2D eigenvalue weighted by Crippen LogP contribution is 2.22.